The van der Waals surface area contributed by atoms with Crippen LogP contribution in [0.5, 0.6) is 0 Å². The molecule has 0 aliphatic rings. The molecule has 6 heteroatoms. The second-order valence-corrected chi connectivity index (χ2v) is 7.20. The Labute approximate surface area is 170 Å². The van der Waals surface area contributed by atoms with Crippen molar-refractivity contribution in [3.05, 3.63) is 82.7 Å². The minimum atomic E-state index is -0.237. The van der Waals surface area contributed by atoms with Crippen molar-refractivity contribution in [1.82, 2.24) is 15.4 Å². The zero-order valence-corrected chi connectivity index (χ0v) is 17.3. The lowest BCUT2D eigenvalue weighted by molar-refractivity contribution is 0.0943. The summed E-state index contributed by atoms with van der Waals surface area (Å²) in [5.74, 6) is -0.237. The first kappa shape index (κ1) is 19.6. The summed E-state index contributed by atoms with van der Waals surface area (Å²) in [5.41, 5.74) is 12.2. The maximum atomic E-state index is 12.6. The molecule has 0 saturated heterocycles. The minimum absolute atomic E-state index is 0.237. The van der Waals surface area contributed by atoms with Crippen molar-refractivity contribution in [1.29, 1.82) is 0 Å². The summed E-state index contributed by atoms with van der Waals surface area (Å²) in [4.78, 5) is 12.6. The van der Waals surface area contributed by atoms with E-state index in [1.807, 2.05) is 75.4 Å². The number of carbonyl (C=O) groups is 1. The molecule has 0 atom stereocenters. The highest BCUT2D eigenvalue weighted by molar-refractivity contribution is 7.80. The van der Waals surface area contributed by atoms with E-state index in [1.54, 1.807) is 0 Å². The number of nitrogens with one attached hydrogen (secondary N) is 3. The van der Waals surface area contributed by atoms with Gasteiger partial charge in [0.1, 0.15) is 0 Å². The molecule has 0 fully saturated rings. The number of anilines is 1. The largest absolute Gasteiger partial charge is 0.331 e. The maximum absolute atomic E-state index is 12.6. The second kappa shape index (κ2) is 8.27. The summed E-state index contributed by atoms with van der Waals surface area (Å²) in [7, 11) is 0. The van der Waals surface area contributed by atoms with E-state index in [9.17, 15) is 4.79 Å². The molecule has 0 saturated carbocycles. The standard InChI is InChI=1S/C22H24N4OS/c1-14-10-11-18(12-15(14)2)23-22(28)25-24-21(27)20-13-16(3)26(17(20)4)19-8-6-5-7-9-19/h5-13H,1-4H3,(H,24,27)(H2,23,25,28). The van der Waals surface area contributed by atoms with Gasteiger partial charge in [-0.05, 0) is 81.4 Å². The van der Waals surface area contributed by atoms with Crippen LogP contribution in [0.4, 0.5) is 5.69 Å². The predicted octanol–water partition coefficient (Wildman–Crippen LogP) is 4.34. The van der Waals surface area contributed by atoms with Crippen molar-refractivity contribution >= 4 is 28.9 Å². The van der Waals surface area contributed by atoms with Gasteiger partial charge in [-0.3, -0.25) is 15.6 Å². The number of aryl methyl sites for hydroxylation is 3. The number of benzene rings is 2. The van der Waals surface area contributed by atoms with Crippen molar-refractivity contribution in [2.24, 2.45) is 0 Å². The molecule has 0 unspecified atom stereocenters. The van der Waals surface area contributed by atoms with E-state index in [1.165, 1.54) is 11.1 Å². The molecule has 144 valence electrons. The first-order chi connectivity index (χ1) is 13.4. The number of rotatable bonds is 3. The summed E-state index contributed by atoms with van der Waals surface area (Å²) >= 11 is 5.28. The molecule has 0 radical (unpaired) electrons. The average molecular weight is 393 g/mol. The smallest absolute Gasteiger partial charge is 0.271 e. The summed E-state index contributed by atoms with van der Waals surface area (Å²) < 4.78 is 2.06. The van der Waals surface area contributed by atoms with Gasteiger partial charge in [-0.25, -0.2) is 0 Å². The van der Waals surface area contributed by atoms with Gasteiger partial charge in [-0.15, -0.1) is 0 Å². The summed E-state index contributed by atoms with van der Waals surface area (Å²) in [6.45, 7) is 8.01. The SMILES string of the molecule is Cc1ccc(NC(=S)NNC(=O)c2cc(C)n(-c3ccccc3)c2C)cc1C. The van der Waals surface area contributed by atoms with Crippen molar-refractivity contribution < 1.29 is 4.79 Å². The van der Waals surface area contributed by atoms with Crippen molar-refractivity contribution in [3.8, 4) is 5.69 Å². The Morgan fingerprint density at radius 1 is 0.893 bits per heavy atom. The van der Waals surface area contributed by atoms with Crippen LogP contribution in [0.15, 0.2) is 54.6 Å². The van der Waals surface area contributed by atoms with Crippen LogP contribution in [0.2, 0.25) is 0 Å². The van der Waals surface area contributed by atoms with Gasteiger partial charge < -0.3 is 9.88 Å². The van der Waals surface area contributed by atoms with Gasteiger partial charge in [0.2, 0.25) is 0 Å². The van der Waals surface area contributed by atoms with Crippen LogP contribution in [0, 0.1) is 27.7 Å². The molecular formula is C22H24N4OS. The third-order valence-corrected chi connectivity index (χ3v) is 4.95. The third kappa shape index (κ3) is 4.23. The number of para-hydroxylation sites is 1. The van der Waals surface area contributed by atoms with Crippen molar-refractivity contribution in [2.75, 3.05) is 5.32 Å². The normalized spacial score (nSPS) is 10.4. The van der Waals surface area contributed by atoms with Crippen molar-refractivity contribution in [2.45, 2.75) is 27.7 Å². The summed E-state index contributed by atoms with van der Waals surface area (Å²) in [6, 6.07) is 17.8. The first-order valence-electron chi connectivity index (χ1n) is 9.06. The molecule has 0 bridgehead atoms. The number of nitrogens with zero attached hydrogens (tertiary/aromatic N) is 1. The van der Waals surface area contributed by atoms with Crippen LogP contribution in [0.3, 0.4) is 0 Å². The highest BCUT2D eigenvalue weighted by Crippen LogP contribution is 2.20. The van der Waals surface area contributed by atoms with Crippen LogP contribution in [-0.4, -0.2) is 15.6 Å². The Bertz CT molecular complexity index is 1020. The number of carbonyl (C=O) groups excluding carboxylic acids is 1. The Hall–Kier alpha value is -3.12. The third-order valence-electron chi connectivity index (χ3n) is 4.74. The molecule has 3 rings (SSSR count). The number of hydrazine groups is 1. The van der Waals surface area contributed by atoms with E-state index in [4.69, 9.17) is 12.2 Å². The molecule has 0 aliphatic heterocycles. The topological polar surface area (TPSA) is 58.1 Å². The molecule has 0 aliphatic carbocycles. The quantitative estimate of drug-likeness (QED) is 0.458. The lowest BCUT2D eigenvalue weighted by Gasteiger charge is -2.13. The van der Waals surface area contributed by atoms with Crippen LogP contribution >= 0.6 is 12.2 Å². The van der Waals surface area contributed by atoms with E-state index < -0.39 is 0 Å². The summed E-state index contributed by atoms with van der Waals surface area (Å²) in [6.07, 6.45) is 0. The fourth-order valence-electron chi connectivity index (χ4n) is 3.13. The van der Waals surface area contributed by atoms with Gasteiger partial charge in [-0.1, -0.05) is 24.3 Å². The van der Waals surface area contributed by atoms with E-state index in [0.717, 1.165) is 22.8 Å². The van der Waals surface area contributed by atoms with Gasteiger partial charge in [0.25, 0.3) is 5.91 Å². The van der Waals surface area contributed by atoms with Gasteiger partial charge >= 0.3 is 0 Å². The molecular weight excluding hydrogens is 368 g/mol. The minimum Gasteiger partial charge on any atom is -0.331 e. The number of thiocarbonyl (C=S) groups is 1. The average Bonchev–Trinajstić information content (AvgIpc) is 2.98. The maximum Gasteiger partial charge on any atom is 0.271 e. The first-order valence-corrected chi connectivity index (χ1v) is 9.46. The zero-order valence-electron chi connectivity index (χ0n) is 16.5. The van der Waals surface area contributed by atoms with Gasteiger partial charge in [0.15, 0.2) is 5.11 Å². The number of aromatic nitrogens is 1. The Morgan fingerprint density at radius 3 is 2.29 bits per heavy atom. The highest BCUT2D eigenvalue weighted by atomic mass is 32.1. The molecule has 5 nitrogen and oxygen atoms in total. The van der Waals surface area contributed by atoms with Crippen LogP contribution < -0.4 is 16.2 Å². The zero-order chi connectivity index (χ0) is 20.3. The lowest BCUT2D eigenvalue weighted by Crippen LogP contribution is -2.43. The molecule has 3 aromatic rings. The number of hydrogen-bond acceptors (Lipinski definition) is 2. The molecule has 1 heterocycles. The van der Waals surface area contributed by atoms with Crippen LogP contribution in [0.25, 0.3) is 5.69 Å². The fourth-order valence-corrected chi connectivity index (χ4v) is 3.30. The second-order valence-electron chi connectivity index (χ2n) is 6.79. The highest BCUT2D eigenvalue weighted by Gasteiger charge is 2.16. The lowest BCUT2D eigenvalue weighted by atomic mass is 10.1. The van der Waals surface area contributed by atoms with E-state index in [-0.39, 0.29) is 5.91 Å². The van der Waals surface area contributed by atoms with Crippen molar-refractivity contribution in [3.63, 3.8) is 0 Å². The van der Waals surface area contributed by atoms with E-state index in [0.29, 0.717) is 10.7 Å². The van der Waals surface area contributed by atoms with Gasteiger partial charge in [-0.2, -0.15) is 0 Å². The Morgan fingerprint density at radius 2 is 1.61 bits per heavy atom. The molecule has 1 amide bonds. The fraction of sp³-hybridized carbons (Fsp3) is 0.182. The molecule has 2 aromatic carbocycles. The molecule has 28 heavy (non-hydrogen) atoms. The van der Waals surface area contributed by atoms with E-state index in [2.05, 4.69) is 27.7 Å². The monoisotopic (exact) mass is 392 g/mol. The predicted molar refractivity (Wildman–Crippen MR) is 118 cm³/mol. The Balaban J connectivity index is 1.67. The summed E-state index contributed by atoms with van der Waals surface area (Å²) in [5, 5.41) is 3.40. The van der Waals surface area contributed by atoms with Gasteiger partial charge in [0, 0.05) is 22.8 Å². The molecule has 3 N–H and O–H groups in total. The molecule has 1 aromatic heterocycles. The Kier molecular flexibility index (Phi) is 5.80. The number of hydrogen-bond donors (Lipinski definition) is 3. The van der Waals surface area contributed by atoms with Crippen LogP contribution in [-0.2, 0) is 0 Å². The van der Waals surface area contributed by atoms with Crippen LogP contribution in [0.1, 0.15) is 32.9 Å². The van der Waals surface area contributed by atoms with Gasteiger partial charge in [0.05, 0.1) is 5.56 Å². The van der Waals surface area contributed by atoms with E-state index >= 15 is 0 Å². The number of amides is 1. The molecule has 0 spiro atoms.